The lowest BCUT2D eigenvalue weighted by molar-refractivity contribution is 0.241. The molecule has 1 aliphatic rings. The molecule has 186 valence electrons. The summed E-state index contributed by atoms with van der Waals surface area (Å²) in [7, 11) is 0. The van der Waals surface area contributed by atoms with Gasteiger partial charge in [0.25, 0.3) is 0 Å². The number of nitrogens with zero attached hydrogens (tertiary/aromatic N) is 4. The molecule has 0 saturated heterocycles. The summed E-state index contributed by atoms with van der Waals surface area (Å²) in [6.45, 7) is 10.8. The molecule has 1 aliphatic heterocycles. The van der Waals surface area contributed by atoms with Crippen LogP contribution in [0.2, 0.25) is 0 Å². The molecule has 0 aliphatic carbocycles. The molecule has 4 heterocycles. The smallest absolute Gasteiger partial charge is 0.0761 e. The third-order valence-electron chi connectivity index (χ3n) is 6.60. The van der Waals surface area contributed by atoms with Crippen LogP contribution in [0.3, 0.4) is 0 Å². The summed E-state index contributed by atoms with van der Waals surface area (Å²) in [5.41, 5.74) is 12.5. The fraction of sp³-hybridized carbons (Fsp3) is 0.219. The van der Waals surface area contributed by atoms with Crippen molar-refractivity contribution in [2.75, 3.05) is 0 Å². The van der Waals surface area contributed by atoms with Crippen LogP contribution in [0.4, 0.5) is 0 Å². The van der Waals surface area contributed by atoms with Crippen LogP contribution in [0.1, 0.15) is 53.3 Å². The van der Waals surface area contributed by atoms with Crippen LogP contribution in [0.15, 0.2) is 101 Å². The van der Waals surface area contributed by atoms with Crippen molar-refractivity contribution in [3.8, 4) is 0 Å². The number of rotatable bonds is 8. The summed E-state index contributed by atoms with van der Waals surface area (Å²) >= 11 is 0. The van der Waals surface area contributed by atoms with Gasteiger partial charge in [0.15, 0.2) is 0 Å². The Morgan fingerprint density at radius 1 is 0.784 bits per heavy atom. The number of nitrogens with one attached hydrogen (secondary N) is 1. The van der Waals surface area contributed by atoms with Crippen molar-refractivity contribution < 1.29 is 0 Å². The highest BCUT2D eigenvalue weighted by atomic mass is 15.1. The number of allylic oxidation sites excluding steroid dienone is 2. The van der Waals surface area contributed by atoms with Gasteiger partial charge in [-0.05, 0) is 86.4 Å². The van der Waals surface area contributed by atoms with Crippen LogP contribution in [-0.4, -0.2) is 25.6 Å². The molecule has 0 spiro atoms. The molecule has 0 atom stereocenters. The number of hydrogen-bond donors (Lipinski definition) is 1. The van der Waals surface area contributed by atoms with Gasteiger partial charge in [0.05, 0.1) is 22.8 Å². The molecule has 4 aromatic rings. The van der Waals surface area contributed by atoms with E-state index in [1.54, 1.807) is 0 Å². The maximum absolute atomic E-state index is 4.90. The van der Waals surface area contributed by atoms with Gasteiger partial charge in [-0.15, -0.1) is 0 Å². The topological polar surface area (TPSA) is 57.2 Å². The Morgan fingerprint density at radius 2 is 1.43 bits per heavy atom. The summed E-state index contributed by atoms with van der Waals surface area (Å²) < 4.78 is 0. The van der Waals surface area contributed by atoms with Gasteiger partial charge >= 0.3 is 0 Å². The average Bonchev–Trinajstić information content (AvgIpc) is 3.40. The quantitative estimate of drug-likeness (QED) is 0.297. The van der Waals surface area contributed by atoms with Gasteiger partial charge in [0.1, 0.15) is 0 Å². The van der Waals surface area contributed by atoms with E-state index in [0.29, 0.717) is 0 Å². The first-order valence-electron chi connectivity index (χ1n) is 12.7. The molecule has 0 unspecified atom stereocenters. The molecule has 1 aromatic carbocycles. The first kappa shape index (κ1) is 24.6. The second-order valence-electron chi connectivity index (χ2n) is 9.80. The lowest BCUT2D eigenvalue weighted by atomic mass is 9.95. The molecule has 0 radical (unpaired) electrons. The highest BCUT2D eigenvalue weighted by Crippen LogP contribution is 2.35. The summed E-state index contributed by atoms with van der Waals surface area (Å²) in [5, 5.41) is 0. The normalized spacial score (nSPS) is 14.6. The molecule has 37 heavy (non-hydrogen) atoms. The van der Waals surface area contributed by atoms with Gasteiger partial charge in [-0.25, -0.2) is 0 Å². The van der Waals surface area contributed by atoms with E-state index < -0.39 is 0 Å². The Morgan fingerprint density at radius 3 is 1.92 bits per heavy atom. The summed E-state index contributed by atoms with van der Waals surface area (Å²) in [5.74, 6) is 0. The minimum absolute atomic E-state index is 0.757. The predicted molar refractivity (Wildman–Crippen MR) is 151 cm³/mol. The van der Waals surface area contributed by atoms with E-state index in [1.807, 2.05) is 36.7 Å². The molecule has 0 bridgehead atoms. The monoisotopic (exact) mass is 487 g/mol. The third-order valence-corrected chi connectivity index (χ3v) is 6.60. The Kier molecular flexibility index (Phi) is 7.24. The van der Waals surface area contributed by atoms with Crippen LogP contribution in [0, 0.1) is 13.8 Å². The van der Waals surface area contributed by atoms with Gasteiger partial charge in [-0.2, -0.15) is 0 Å². The molecule has 5 heteroatoms. The fourth-order valence-electron chi connectivity index (χ4n) is 4.96. The molecule has 0 saturated carbocycles. The highest BCUT2D eigenvalue weighted by molar-refractivity contribution is 6.01. The first-order chi connectivity index (χ1) is 18.0. The van der Waals surface area contributed by atoms with Crippen molar-refractivity contribution in [1.82, 2.24) is 19.9 Å². The lowest BCUT2D eigenvalue weighted by Crippen LogP contribution is -2.23. The van der Waals surface area contributed by atoms with Crippen LogP contribution >= 0.6 is 0 Å². The maximum Gasteiger partial charge on any atom is 0.0761 e. The van der Waals surface area contributed by atoms with E-state index in [0.717, 1.165) is 65.0 Å². The van der Waals surface area contributed by atoms with E-state index in [1.165, 1.54) is 16.7 Å². The van der Waals surface area contributed by atoms with E-state index >= 15 is 0 Å². The van der Waals surface area contributed by atoms with Crippen LogP contribution in [-0.2, 0) is 19.6 Å². The zero-order valence-corrected chi connectivity index (χ0v) is 22.0. The Labute approximate surface area is 219 Å². The lowest BCUT2D eigenvalue weighted by Gasteiger charge is -2.22. The van der Waals surface area contributed by atoms with Crippen LogP contribution < -0.4 is 0 Å². The van der Waals surface area contributed by atoms with Crippen LogP contribution in [0.25, 0.3) is 5.57 Å². The van der Waals surface area contributed by atoms with Gasteiger partial charge in [-0.1, -0.05) is 36.4 Å². The van der Waals surface area contributed by atoms with Crippen LogP contribution in [0.5, 0.6) is 0 Å². The molecule has 3 aromatic heterocycles. The number of benzene rings is 1. The standard InChI is InChI=1S/C32H33N5/c1-22-17-24(3)35-31(22)30(32-23(2)18-25(4)36-32)27-13-11-26(12-14-27)19-37(20-28-9-5-7-15-33-28)21-29-10-6-8-16-34-29/h5-18,35H,19-21H2,1-4H3/b32-30-. The Hall–Kier alpha value is -4.09. The largest absolute Gasteiger partial charge is 0.358 e. The number of pyridine rings is 2. The molecule has 5 nitrogen and oxygen atoms in total. The second kappa shape index (κ2) is 10.9. The van der Waals surface area contributed by atoms with Crippen molar-refractivity contribution in [2.24, 2.45) is 4.99 Å². The van der Waals surface area contributed by atoms with Crippen molar-refractivity contribution in [2.45, 2.75) is 47.3 Å². The van der Waals surface area contributed by atoms with Crippen molar-refractivity contribution in [3.63, 3.8) is 0 Å². The molecular weight excluding hydrogens is 454 g/mol. The third kappa shape index (κ3) is 5.84. The number of aliphatic imine (C=N–C) groups is 1. The van der Waals surface area contributed by atoms with E-state index in [-0.39, 0.29) is 0 Å². The number of aryl methyl sites for hydroxylation is 2. The second-order valence-corrected chi connectivity index (χ2v) is 9.80. The molecule has 0 amide bonds. The van der Waals surface area contributed by atoms with E-state index in [9.17, 15) is 0 Å². The maximum atomic E-state index is 4.90. The van der Waals surface area contributed by atoms with E-state index in [4.69, 9.17) is 4.99 Å². The minimum Gasteiger partial charge on any atom is -0.358 e. The molecule has 0 fully saturated rings. The van der Waals surface area contributed by atoms with Crippen molar-refractivity contribution >= 4 is 11.3 Å². The number of H-pyrrole nitrogens is 1. The minimum atomic E-state index is 0.757. The number of hydrogen-bond acceptors (Lipinski definition) is 4. The molecule has 1 N–H and O–H groups in total. The number of aromatic amines is 1. The summed E-state index contributed by atoms with van der Waals surface area (Å²) in [4.78, 5) is 20.0. The van der Waals surface area contributed by atoms with Crippen molar-refractivity contribution in [3.05, 3.63) is 136 Å². The summed E-state index contributed by atoms with van der Waals surface area (Å²) in [6.07, 6.45) is 5.86. The molecular formula is C32H33N5. The zero-order chi connectivity index (χ0) is 25.8. The van der Waals surface area contributed by atoms with Gasteiger partial charge < -0.3 is 4.98 Å². The fourth-order valence-corrected chi connectivity index (χ4v) is 4.96. The first-order valence-corrected chi connectivity index (χ1v) is 12.7. The van der Waals surface area contributed by atoms with Gasteiger partial charge in [0.2, 0.25) is 0 Å². The van der Waals surface area contributed by atoms with Gasteiger partial charge in [0, 0.05) is 49.0 Å². The summed E-state index contributed by atoms with van der Waals surface area (Å²) in [6, 6.07) is 23.3. The van der Waals surface area contributed by atoms with E-state index in [2.05, 4.69) is 96.1 Å². The predicted octanol–water partition coefficient (Wildman–Crippen LogP) is 6.80. The Balaban J connectivity index is 1.45. The number of aromatic nitrogens is 3. The average molecular weight is 488 g/mol. The van der Waals surface area contributed by atoms with Gasteiger partial charge in [-0.3, -0.25) is 19.9 Å². The highest BCUT2D eigenvalue weighted by Gasteiger charge is 2.20. The Bertz CT molecular complexity index is 1420. The SMILES string of the molecule is CC1=CC(C)=N/C1=C(/c1ccc(CN(Cc2ccccn2)Cc2ccccn2)cc1)c1[nH]c(C)cc1C. The molecule has 5 rings (SSSR count). The van der Waals surface area contributed by atoms with Crippen molar-refractivity contribution in [1.29, 1.82) is 0 Å². The zero-order valence-electron chi connectivity index (χ0n) is 22.0.